The number of benzene rings is 1. The number of hydrogen-bond donors (Lipinski definition) is 3. The van der Waals surface area contributed by atoms with E-state index in [2.05, 4.69) is 17.6 Å². The minimum Gasteiger partial charge on any atom is -0.478 e. The van der Waals surface area contributed by atoms with Crippen LogP contribution < -0.4 is 10.6 Å². The maximum atomic E-state index is 12.6. The van der Waals surface area contributed by atoms with Crippen molar-refractivity contribution >= 4 is 29.7 Å². The molecule has 0 aliphatic rings. The summed E-state index contributed by atoms with van der Waals surface area (Å²) in [6.45, 7) is 8.01. The second kappa shape index (κ2) is 13.2. The lowest BCUT2D eigenvalue weighted by molar-refractivity contribution is -0.122. The summed E-state index contributed by atoms with van der Waals surface area (Å²) in [4.78, 5) is 35.7. The van der Waals surface area contributed by atoms with Gasteiger partial charge in [-0.2, -0.15) is 11.8 Å². The number of nitrogens with one attached hydrogen (secondary N) is 2. The fourth-order valence-corrected chi connectivity index (χ4v) is 3.57. The van der Waals surface area contributed by atoms with Crippen molar-refractivity contribution in [2.75, 3.05) is 12.3 Å². The molecule has 3 N–H and O–H groups in total. The summed E-state index contributed by atoms with van der Waals surface area (Å²) in [7, 11) is 0. The first kappa shape index (κ1) is 25.8. The molecule has 1 atom stereocenters. The van der Waals surface area contributed by atoms with Crippen LogP contribution in [0.25, 0.3) is 0 Å². The number of carboxylic acids is 1. The third-order valence-electron chi connectivity index (χ3n) is 4.09. The highest BCUT2D eigenvalue weighted by Crippen LogP contribution is 2.15. The highest BCUT2D eigenvalue weighted by Gasteiger charge is 2.24. The van der Waals surface area contributed by atoms with Crippen LogP contribution >= 0.6 is 11.8 Å². The normalized spacial score (nSPS) is 12.1. The van der Waals surface area contributed by atoms with Gasteiger partial charge in [0.1, 0.15) is 11.6 Å². The second-order valence-corrected chi connectivity index (χ2v) is 9.10. The van der Waals surface area contributed by atoms with E-state index in [0.717, 1.165) is 31.2 Å². The first-order valence-corrected chi connectivity index (χ1v) is 11.4. The van der Waals surface area contributed by atoms with Crippen LogP contribution in [0.5, 0.6) is 0 Å². The predicted molar refractivity (Wildman–Crippen MR) is 120 cm³/mol. The van der Waals surface area contributed by atoms with Crippen molar-refractivity contribution in [2.45, 2.75) is 70.8 Å². The van der Waals surface area contributed by atoms with Crippen LogP contribution in [0, 0.1) is 0 Å². The molecule has 0 aliphatic carbocycles. The van der Waals surface area contributed by atoms with E-state index in [1.54, 1.807) is 45.0 Å². The van der Waals surface area contributed by atoms with Crippen LogP contribution in [-0.4, -0.2) is 47.0 Å². The van der Waals surface area contributed by atoms with Crippen LogP contribution in [-0.2, 0) is 15.3 Å². The van der Waals surface area contributed by atoms with Gasteiger partial charge in [0, 0.05) is 18.1 Å². The minimum absolute atomic E-state index is 0.230. The number of ether oxygens (including phenoxy) is 1. The largest absolute Gasteiger partial charge is 0.478 e. The van der Waals surface area contributed by atoms with E-state index in [1.807, 2.05) is 0 Å². The molecular weight excluding hydrogens is 404 g/mol. The molecule has 0 aromatic heterocycles. The average Bonchev–Trinajstić information content (AvgIpc) is 2.65. The first-order chi connectivity index (χ1) is 14.1. The monoisotopic (exact) mass is 438 g/mol. The van der Waals surface area contributed by atoms with Gasteiger partial charge in [0.25, 0.3) is 0 Å². The molecule has 0 saturated carbocycles. The molecule has 2 amide bonds. The lowest BCUT2D eigenvalue weighted by Crippen LogP contribution is -2.49. The van der Waals surface area contributed by atoms with Gasteiger partial charge >= 0.3 is 12.1 Å². The lowest BCUT2D eigenvalue weighted by atomic mass is 10.1. The molecule has 0 aliphatic heterocycles. The SMILES string of the molecule is CCCCCCNC(=O)C(CSCc1ccc(C(=O)O)cc1)NC(=O)OC(C)(C)C. The van der Waals surface area contributed by atoms with Gasteiger partial charge in [-0.3, -0.25) is 4.79 Å². The fraction of sp³-hybridized carbons (Fsp3) is 0.591. The average molecular weight is 439 g/mol. The van der Waals surface area contributed by atoms with Crippen LogP contribution in [0.15, 0.2) is 24.3 Å². The first-order valence-electron chi connectivity index (χ1n) is 10.3. The Bertz CT molecular complexity index is 686. The number of alkyl carbamates (subject to hydrolysis) is 1. The standard InChI is InChI=1S/C22H34N2O5S/c1-5-6-7-8-13-23-19(25)18(24-21(28)29-22(2,3)4)15-30-14-16-9-11-17(12-10-16)20(26)27/h9-12,18H,5-8,13-15H2,1-4H3,(H,23,25)(H,24,28)(H,26,27). The van der Waals surface area contributed by atoms with Gasteiger partial charge in [-0.05, 0) is 44.9 Å². The van der Waals surface area contributed by atoms with Crippen molar-refractivity contribution in [1.29, 1.82) is 0 Å². The van der Waals surface area contributed by atoms with Crippen LogP contribution in [0.2, 0.25) is 0 Å². The predicted octanol–water partition coefficient (Wildman–Crippen LogP) is 4.21. The Morgan fingerprint density at radius 1 is 1.10 bits per heavy atom. The Hall–Kier alpha value is -2.22. The van der Waals surface area contributed by atoms with Crippen LogP contribution in [0.1, 0.15) is 69.3 Å². The summed E-state index contributed by atoms with van der Waals surface area (Å²) in [6.07, 6.45) is 3.59. The molecule has 8 heteroatoms. The van der Waals surface area contributed by atoms with E-state index in [9.17, 15) is 14.4 Å². The molecule has 168 valence electrons. The van der Waals surface area contributed by atoms with E-state index in [-0.39, 0.29) is 11.5 Å². The zero-order valence-corrected chi connectivity index (χ0v) is 19.1. The Morgan fingerprint density at radius 3 is 2.33 bits per heavy atom. The van der Waals surface area contributed by atoms with E-state index >= 15 is 0 Å². The number of rotatable bonds is 12. The summed E-state index contributed by atoms with van der Waals surface area (Å²) in [5.74, 6) is -0.228. The number of hydrogen-bond acceptors (Lipinski definition) is 5. The summed E-state index contributed by atoms with van der Waals surface area (Å²) < 4.78 is 5.28. The number of carbonyl (C=O) groups is 3. The molecule has 1 rings (SSSR count). The van der Waals surface area contributed by atoms with Gasteiger partial charge < -0.3 is 20.5 Å². The maximum absolute atomic E-state index is 12.6. The van der Waals surface area contributed by atoms with Crippen molar-refractivity contribution in [3.8, 4) is 0 Å². The summed E-state index contributed by atoms with van der Waals surface area (Å²) >= 11 is 1.49. The number of aromatic carboxylic acids is 1. The summed E-state index contributed by atoms with van der Waals surface area (Å²) in [5, 5.41) is 14.5. The lowest BCUT2D eigenvalue weighted by Gasteiger charge is -2.23. The maximum Gasteiger partial charge on any atom is 0.408 e. The zero-order chi connectivity index (χ0) is 22.6. The Balaban J connectivity index is 2.61. The highest BCUT2D eigenvalue weighted by atomic mass is 32.2. The molecule has 0 spiro atoms. The van der Waals surface area contributed by atoms with Gasteiger partial charge in [-0.1, -0.05) is 38.3 Å². The van der Waals surface area contributed by atoms with Crippen molar-refractivity contribution in [3.63, 3.8) is 0 Å². The van der Waals surface area contributed by atoms with Crippen molar-refractivity contribution in [2.24, 2.45) is 0 Å². The Kier molecular flexibility index (Phi) is 11.3. The van der Waals surface area contributed by atoms with Crippen molar-refractivity contribution in [1.82, 2.24) is 10.6 Å². The highest BCUT2D eigenvalue weighted by molar-refractivity contribution is 7.98. The van der Waals surface area contributed by atoms with E-state index < -0.39 is 23.7 Å². The number of amides is 2. The summed E-state index contributed by atoms with van der Waals surface area (Å²) in [6, 6.07) is 5.89. The molecule has 1 unspecified atom stereocenters. The number of thioether (sulfide) groups is 1. The van der Waals surface area contributed by atoms with Crippen molar-refractivity contribution in [3.05, 3.63) is 35.4 Å². The molecule has 0 saturated heterocycles. The van der Waals surface area contributed by atoms with Gasteiger partial charge in [0.15, 0.2) is 0 Å². The molecule has 0 bridgehead atoms. The minimum atomic E-state index is -0.966. The van der Waals surface area contributed by atoms with Crippen LogP contribution in [0.4, 0.5) is 4.79 Å². The molecular formula is C22H34N2O5S. The van der Waals surface area contributed by atoms with E-state index in [1.165, 1.54) is 11.8 Å². The van der Waals surface area contributed by atoms with Gasteiger partial charge in [-0.25, -0.2) is 9.59 Å². The van der Waals surface area contributed by atoms with Gasteiger partial charge in [-0.15, -0.1) is 0 Å². The smallest absolute Gasteiger partial charge is 0.408 e. The molecule has 30 heavy (non-hydrogen) atoms. The van der Waals surface area contributed by atoms with Crippen LogP contribution in [0.3, 0.4) is 0 Å². The van der Waals surface area contributed by atoms with Gasteiger partial charge in [0.05, 0.1) is 5.56 Å². The third-order valence-corrected chi connectivity index (χ3v) is 5.20. The zero-order valence-electron chi connectivity index (χ0n) is 18.3. The number of carbonyl (C=O) groups excluding carboxylic acids is 2. The van der Waals surface area contributed by atoms with Gasteiger partial charge in [0.2, 0.25) is 5.91 Å². The second-order valence-electron chi connectivity index (χ2n) is 8.07. The van der Waals surface area contributed by atoms with Crippen molar-refractivity contribution < 1.29 is 24.2 Å². The molecule has 7 nitrogen and oxygen atoms in total. The quantitative estimate of drug-likeness (QED) is 0.422. The number of unbranched alkanes of at least 4 members (excludes halogenated alkanes) is 3. The fourth-order valence-electron chi connectivity index (χ4n) is 2.56. The molecule has 0 heterocycles. The van der Waals surface area contributed by atoms with E-state index in [4.69, 9.17) is 9.84 Å². The summed E-state index contributed by atoms with van der Waals surface area (Å²) in [5.41, 5.74) is 0.529. The van der Waals surface area contributed by atoms with E-state index in [0.29, 0.717) is 18.1 Å². The Morgan fingerprint density at radius 2 is 1.77 bits per heavy atom. The molecule has 1 aromatic carbocycles. The molecule has 0 fully saturated rings. The molecule has 0 radical (unpaired) electrons. The molecule has 1 aromatic rings. The number of carboxylic acid groups (broad SMARTS) is 1. The third kappa shape index (κ3) is 11.1. The topological polar surface area (TPSA) is 105 Å². The Labute approximate surface area is 183 Å².